The molecule has 1 aliphatic rings. The van der Waals surface area contributed by atoms with E-state index in [9.17, 15) is 9.59 Å². The number of nitrogens with zero attached hydrogens (tertiary/aromatic N) is 1. The maximum atomic E-state index is 12.8. The number of rotatable bonds is 6. The molecule has 0 saturated heterocycles. The number of halogens is 1. The summed E-state index contributed by atoms with van der Waals surface area (Å²) in [5.41, 5.74) is 3.06. The second-order valence-electron chi connectivity index (χ2n) is 7.05. The van der Waals surface area contributed by atoms with Gasteiger partial charge in [0.1, 0.15) is 6.04 Å². The van der Waals surface area contributed by atoms with Crippen LogP contribution >= 0.6 is 23.5 Å². The molecule has 1 aliphatic heterocycles. The Morgan fingerprint density at radius 2 is 1.43 bits per heavy atom. The average Bonchev–Trinajstić information content (AvgIpc) is 2.79. The van der Waals surface area contributed by atoms with Crippen LogP contribution in [-0.2, 0) is 16.0 Å². The van der Waals surface area contributed by atoms with E-state index in [0.29, 0.717) is 12.8 Å². The molecule has 0 spiro atoms. The Morgan fingerprint density at radius 1 is 0.867 bits per heavy atom. The van der Waals surface area contributed by atoms with E-state index in [0.717, 1.165) is 26.5 Å². The fraction of sp³-hybridized carbons (Fsp3) is 0.167. The lowest BCUT2D eigenvalue weighted by atomic mass is 9.97. The first-order valence-electron chi connectivity index (χ1n) is 9.77. The van der Waals surface area contributed by atoms with E-state index in [1.807, 2.05) is 78.9 Å². The van der Waals surface area contributed by atoms with Gasteiger partial charge in [-0.05, 0) is 35.2 Å². The zero-order valence-corrected chi connectivity index (χ0v) is 17.8. The minimum absolute atomic E-state index is 0.134. The normalized spacial score (nSPS) is 12.6. The highest BCUT2D eigenvalue weighted by Crippen LogP contribution is 2.47. The van der Waals surface area contributed by atoms with Crippen molar-refractivity contribution in [2.75, 3.05) is 6.54 Å². The molecule has 0 radical (unpaired) electrons. The van der Waals surface area contributed by atoms with E-state index in [4.69, 9.17) is 11.8 Å². The molecule has 0 aromatic heterocycles. The molecule has 0 unspecified atom stereocenters. The summed E-state index contributed by atoms with van der Waals surface area (Å²) >= 11 is 8.22. The van der Waals surface area contributed by atoms with E-state index in [2.05, 4.69) is 5.32 Å². The highest BCUT2D eigenvalue weighted by molar-refractivity contribution is 7.99. The first kappa shape index (κ1) is 20.5. The number of aryl methyl sites for hydroxylation is 1. The third kappa shape index (κ3) is 4.53. The molecule has 30 heavy (non-hydrogen) atoms. The molecular weight excluding hydrogens is 416 g/mol. The maximum absolute atomic E-state index is 12.8. The van der Waals surface area contributed by atoms with Crippen LogP contribution in [0.5, 0.6) is 0 Å². The van der Waals surface area contributed by atoms with Gasteiger partial charge in [-0.15, -0.1) is 0 Å². The molecular formula is C24H21ClN2O2S. The van der Waals surface area contributed by atoms with Crippen molar-refractivity contribution in [3.05, 3.63) is 95.6 Å². The van der Waals surface area contributed by atoms with Gasteiger partial charge in [-0.2, -0.15) is 0 Å². The molecule has 4 rings (SSSR count). The fourth-order valence-corrected chi connectivity index (χ4v) is 4.91. The molecule has 0 atom stereocenters. The van der Waals surface area contributed by atoms with Crippen molar-refractivity contribution >= 4 is 35.4 Å². The van der Waals surface area contributed by atoms with Gasteiger partial charge in [-0.3, -0.25) is 9.59 Å². The zero-order chi connectivity index (χ0) is 20.9. The van der Waals surface area contributed by atoms with Crippen LogP contribution in [0.4, 0.5) is 0 Å². The minimum Gasteiger partial charge on any atom is -0.347 e. The van der Waals surface area contributed by atoms with Crippen LogP contribution in [-0.4, -0.2) is 22.8 Å². The first-order chi connectivity index (χ1) is 14.6. The summed E-state index contributed by atoms with van der Waals surface area (Å²) in [4.78, 5) is 27.2. The molecule has 0 fully saturated rings. The van der Waals surface area contributed by atoms with Gasteiger partial charge in [0.2, 0.25) is 5.91 Å². The summed E-state index contributed by atoms with van der Waals surface area (Å²) in [6.45, 7) is -0.134. The summed E-state index contributed by atoms with van der Waals surface area (Å²) in [6.07, 6.45) is 0.956. The van der Waals surface area contributed by atoms with Crippen LogP contribution in [0.1, 0.15) is 29.2 Å². The third-order valence-corrected chi connectivity index (χ3v) is 6.60. The van der Waals surface area contributed by atoms with Gasteiger partial charge >= 0.3 is 0 Å². The van der Waals surface area contributed by atoms with Crippen molar-refractivity contribution in [3.63, 3.8) is 0 Å². The summed E-state index contributed by atoms with van der Waals surface area (Å²) in [7, 11) is 0. The third-order valence-electron chi connectivity index (χ3n) is 5.03. The van der Waals surface area contributed by atoms with Crippen LogP contribution in [0, 0.1) is 0 Å². The Morgan fingerprint density at radius 3 is 2.07 bits per heavy atom. The SMILES string of the molecule is O=C(CCc1ccccc1)NCC(=O)N(Cl)C1c2ccccc2Sc2ccccc21. The summed E-state index contributed by atoms with van der Waals surface area (Å²) in [5, 5.41) is 2.70. The molecule has 0 saturated carbocycles. The lowest BCUT2D eigenvalue weighted by Gasteiger charge is -2.32. The summed E-state index contributed by atoms with van der Waals surface area (Å²) in [6, 6.07) is 25.3. The standard InChI is InChI=1S/C24H21ClN2O2S/c25-27(23(29)16-26-22(28)15-14-17-8-2-1-3-9-17)24-18-10-4-6-12-20(18)30-21-13-7-5-11-19(21)24/h1-13,24H,14-16H2,(H,26,28). The van der Waals surface area contributed by atoms with Crippen molar-refractivity contribution in [2.45, 2.75) is 28.7 Å². The Hall–Kier alpha value is -2.76. The van der Waals surface area contributed by atoms with E-state index in [1.54, 1.807) is 11.8 Å². The van der Waals surface area contributed by atoms with E-state index in [-0.39, 0.29) is 18.4 Å². The lowest BCUT2D eigenvalue weighted by molar-refractivity contribution is -0.130. The monoisotopic (exact) mass is 436 g/mol. The van der Waals surface area contributed by atoms with Crippen molar-refractivity contribution < 1.29 is 9.59 Å². The van der Waals surface area contributed by atoms with Crippen LogP contribution < -0.4 is 5.32 Å². The molecule has 6 heteroatoms. The number of carbonyl (C=O) groups is 2. The van der Waals surface area contributed by atoms with Gasteiger partial charge < -0.3 is 5.32 Å². The number of carbonyl (C=O) groups excluding carboxylic acids is 2. The second kappa shape index (κ2) is 9.37. The number of amides is 2. The molecule has 3 aromatic rings. The number of hydrogen-bond donors (Lipinski definition) is 1. The first-order valence-corrected chi connectivity index (χ1v) is 10.9. The molecule has 3 aromatic carbocycles. The second-order valence-corrected chi connectivity index (χ2v) is 8.50. The average molecular weight is 437 g/mol. The Kier molecular flexibility index (Phi) is 6.41. The number of benzene rings is 3. The van der Waals surface area contributed by atoms with Gasteiger partial charge in [0.25, 0.3) is 5.91 Å². The minimum atomic E-state index is -0.394. The van der Waals surface area contributed by atoms with E-state index in [1.165, 1.54) is 4.42 Å². The van der Waals surface area contributed by atoms with Gasteiger partial charge in [0.05, 0.1) is 6.54 Å². The maximum Gasteiger partial charge on any atom is 0.257 e. The number of nitrogens with one attached hydrogen (secondary N) is 1. The number of hydrogen-bond acceptors (Lipinski definition) is 3. The molecule has 0 aliphatic carbocycles. The van der Waals surface area contributed by atoms with Gasteiger partial charge in [0, 0.05) is 28.0 Å². The molecule has 152 valence electrons. The van der Waals surface area contributed by atoms with Crippen LogP contribution in [0.2, 0.25) is 0 Å². The predicted octanol–water partition coefficient (Wildman–Crippen LogP) is 4.97. The molecule has 0 bridgehead atoms. The molecule has 1 heterocycles. The van der Waals surface area contributed by atoms with Gasteiger partial charge in [0.15, 0.2) is 0 Å². The van der Waals surface area contributed by atoms with Gasteiger partial charge in [-0.25, -0.2) is 4.42 Å². The van der Waals surface area contributed by atoms with Crippen molar-refractivity contribution in [1.82, 2.24) is 9.74 Å². The van der Waals surface area contributed by atoms with Crippen molar-refractivity contribution in [3.8, 4) is 0 Å². The van der Waals surface area contributed by atoms with E-state index >= 15 is 0 Å². The highest BCUT2D eigenvalue weighted by Gasteiger charge is 2.32. The topological polar surface area (TPSA) is 49.4 Å². The molecule has 2 amide bonds. The van der Waals surface area contributed by atoms with E-state index < -0.39 is 6.04 Å². The lowest BCUT2D eigenvalue weighted by Crippen LogP contribution is -2.38. The quantitative estimate of drug-likeness (QED) is 0.555. The number of fused-ring (bicyclic) bond motifs is 2. The van der Waals surface area contributed by atoms with Crippen LogP contribution in [0.3, 0.4) is 0 Å². The van der Waals surface area contributed by atoms with Crippen LogP contribution in [0.15, 0.2) is 88.7 Å². The zero-order valence-electron chi connectivity index (χ0n) is 16.3. The Labute approximate surface area is 185 Å². The molecule has 4 nitrogen and oxygen atoms in total. The predicted molar refractivity (Wildman–Crippen MR) is 119 cm³/mol. The van der Waals surface area contributed by atoms with Crippen molar-refractivity contribution in [2.24, 2.45) is 0 Å². The largest absolute Gasteiger partial charge is 0.347 e. The molecule has 1 N–H and O–H groups in total. The van der Waals surface area contributed by atoms with Crippen molar-refractivity contribution in [1.29, 1.82) is 0 Å². The smallest absolute Gasteiger partial charge is 0.257 e. The van der Waals surface area contributed by atoms with Gasteiger partial charge in [-0.1, -0.05) is 78.5 Å². The highest BCUT2D eigenvalue weighted by atomic mass is 35.5. The fourth-order valence-electron chi connectivity index (χ4n) is 3.51. The Bertz CT molecular complexity index is 1010. The summed E-state index contributed by atoms with van der Waals surface area (Å²) in [5.74, 6) is -0.511. The Balaban J connectivity index is 1.42. The van der Waals surface area contributed by atoms with Crippen LogP contribution in [0.25, 0.3) is 0 Å². The summed E-state index contributed by atoms with van der Waals surface area (Å²) < 4.78 is 1.22.